The molecule has 0 N–H and O–H groups in total. The first kappa shape index (κ1) is 16.5. The molecule has 2 bridgehead atoms. The quantitative estimate of drug-likeness (QED) is 0.774. The minimum absolute atomic E-state index is 0.0231. The monoisotopic (exact) mass is 328 g/mol. The number of amides is 1. The highest BCUT2D eigenvalue weighted by Gasteiger charge is 2.41. The van der Waals surface area contributed by atoms with Gasteiger partial charge in [0.1, 0.15) is 11.4 Å². The van der Waals surface area contributed by atoms with Crippen molar-refractivity contribution in [3.8, 4) is 6.07 Å². The van der Waals surface area contributed by atoms with Crippen LogP contribution >= 0.6 is 0 Å². The molecular weight excluding hydrogens is 307 g/mol. The molecular formula is C19H21FN2O2. The van der Waals surface area contributed by atoms with Crippen LogP contribution in [0, 0.1) is 17.1 Å². The maximum atomic E-state index is 14.2. The standard InChI is InChI=1S/C19H21FN2O2/c1-19(2,3)24-18(23)22-14-5-6-15(22)10-13(9-14)16-8-12(11-21)4-7-17(16)20/h4,7-9,14-15H,5-6,10H2,1-3H3. The van der Waals surface area contributed by atoms with Crippen LogP contribution in [0.2, 0.25) is 0 Å². The second kappa shape index (κ2) is 5.94. The first-order chi connectivity index (χ1) is 11.3. The van der Waals surface area contributed by atoms with Gasteiger partial charge in [-0.1, -0.05) is 6.08 Å². The Morgan fingerprint density at radius 1 is 1.38 bits per heavy atom. The van der Waals surface area contributed by atoms with Crippen LogP contribution in [0.15, 0.2) is 24.3 Å². The summed E-state index contributed by atoms with van der Waals surface area (Å²) in [5.41, 5.74) is 1.24. The molecule has 1 saturated heterocycles. The topological polar surface area (TPSA) is 53.3 Å². The predicted molar refractivity (Wildman–Crippen MR) is 88.6 cm³/mol. The minimum Gasteiger partial charge on any atom is -0.444 e. The summed E-state index contributed by atoms with van der Waals surface area (Å²) in [6.45, 7) is 5.54. The second-order valence-corrected chi connectivity index (χ2v) is 7.39. The van der Waals surface area contributed by atoms with Gasteiger partial charge in [0.25, 0.3) is 0 Å². The Hall–Kier alpha value is -2.35. The summed E-state index contributed by atoms with van der Waals surface area (Å²) >= 11 is 0. The molecule has 2 aliphatic rings. The summed E-state index contributed by atoms with van der Waals surface area (Å²) < 4.78 is 19.7. The van der Waals surface area contributed by atoms with E-state index in [-0.39, 0.29) is 24.0 Å². The Balaban J connectivity index is 1.88. The molecule has 126 valence electrons. The maximum absolute atomic E-state index is 14.2. The Morgan fingerprint density at radius 3 is 2.75 bits per heavy atom. The van der Waals surface area contributed by atoms with Gasteiger partial charge in [0.2, 0.25) is 0 Å². The summed E-state index contributed by atoms with van der Waals surface area (Å²) in [5.74, 6) is -0.328. The van der Waals surface area contributed by atoms with Crippen molar-refractivity contribution in [2.75, 3.05) is 0 Å². The maximum Gasteiger partial charge on any atom is 0.411 e. The number of benzene rings is 1. The Kier molecular flexibility index (Phi) is 4.08. The Bertz CT molecular complexity index is 743. The molecule has 2 unspecified atom stereocenters. The molecule has 0 aliphatic carbocycles. The predicted octanol–water partition coefficient (Wildman–Crippen LogP) is 4.25. The van der Waals surface area contributed by atoms with E-state index in [4.69, 9.17) is 10.00 Å². The number of carbonyl (C=O) groups excluding carboxylic acids is 1. The van der Waals surface area contributed by atoms with Gasteiger partial charge in [-0.3, -0.25) is 4.90 Å². The van der Waals surface area contributed by atoms with Gasteiger partial charge in [-0.2, -0.15) is 5.26 Å². The van der Waals surface area contributed by atoms with E-state index < -0.39 is 5.60 Å². The third-order valence-corrected chi connectivity index (χ3v) is 4.44. The van der Waals surface area contributed by atoms with Crippen molar-refractivity contribution in [2.45, 2.75) is 57.7 Å². The lowest BCUT2D eigenvalue weighted by Gasteiger charge is -2.35. The minimum atomic E-state index is -0.534. The van der Waals surface area contributed by atoms with Crippen molar-refractivity contribution >= 4 is 11.7 Å². The van der Waals surface area contributed by atoms with Crippen LogP contribution in [0.25, 0.3) is 5.57 Å². The molecule has 0 radical (unpaired) electrons. The molecule has 2 heterocycles. The first-order valence-corrected chi connectivity index (χ1v) is 8.20. The lowest BCUT2D eigenvalue weighted by atomic mass is 9.93. The number of ether oxygens (including phenoxy) is 1. The molecule has 1 amide bonds. The molecule has 4 nitrogen and oxygen atoms in total. The highest BCUT2D eigenvalue weighted by Crippen LogP contribution is 2.40. The first-order valence-electron chi connectivity index (χ1n) is 8.20. The number of rotatable bonds is 1. The average Bonchev–Trinajstić information content (AvgIpc) is 2.77. The van der Waals surface area contributed by atoms with Gasteiger partial charge in [-0.15, -0.1) is 0 Å². The average molecular weight is 328 g/mol. The van der Waals surface area contributed by atoms with E-state index in [1.165, 1.54) is 12.1 Å². The van der Waals surface area contributed by atoms with Crippen LogP contribution in [0.5, 0.6) is 0 Å². The van der Waals surface area contributed by atoms with Crippen LogP contribution < -0.4 is 0 Å². The number of halogens is 1. The van der Waals surface area contributed by atoms with E-state index >= 15 is 0 Å². The fourth-order valence-electron chi connectivity index (χ4n) is 3.47. The number of carbonyl (C=O) groups is 1. The summed E-state index contributed by atoms with van der Waals surface area (Å²) in [6, 6.07) is 6.39. The van der Waals surface area contributed by atoms with Crippen LogP contribution in [0.4, 0.5) is 9.18 Å². The Labute approximate surface area is 141 Å². The molecule has 0 aromatic heterocycles. The summed E-state index contributed by atoms with van der Waals surface area (Å²) in [5, 5.41) is 9.03. The largest absolute Gasteiger partial charge is 0.444 e. The van der Waals surface area contributed by atoms with Gasteiger partial charge in [0.15, 0.2) is 0 Å². The van der Waals surface area contributed by atoms with E-state index in [1.807, 2.05) is 32.9 Å². The van der Waals surface area contributed by atoms with Crippen molar-refractivity contribution in [3.63, 3.8) is 0 Å². The van der Waals surface area contributed by atoms with Gasteiger partial charge in [-0.05, 0) is 63.8 Å². The highest BCUT2D eigenvalue weighted by molar-refractivity contribution is 5.75. The van der Waals surface area contributed by atoms with Gasteiger partial charge < -0.3 is 4.74 Å². The van der Waals surface area contributed by atoms with Crippen molar-refractivity contribution < 1.29 is 13.9 Å². The molecule has 0 saturated carbocycles. The van der Waals surface area contributed by atoms with Gasteiger partial charge >= 0.3 is 6.09 Å². The molecule has 1 fully saturated rings. The fraction of sp³-hybridized carbons (Fsp3) is 0.474. The zero-order chi connectivity index (χ0) is 17.5. The lowest BCUT2D eigenvalue weighted by molar-refractivity contribution is 0.0175. The molecule has 5 heteroatoms. The van der Waals surface area contributed by atoms with Crippen molar-refractivity contribution in [2.24, 2.45) is 0 Å². The normalized spacial score (nSPS) is 22.8. The zero-order valence-corrected chi connectivity index (χ0v) is 14.2. The lowest BCUT2D eigenvalue weighted by Crippen LogP contribution is -2.45. The van der Waals surface area contributed by atoms with Gasteiger partial charge in [0, 0.05) is 11.6 Å². The van der Waals surface area contributed by atoms with Crippen LogP contribution in [0.1, 0.15) is 51.2 Å². The molecule has 3 rings (SSSR count). The molecule has 1 aromatic rings. The van der Waals surface area contributed by atoms with Crippen LogP contribution in [0.3, 0.4) is 0 Å². The summed E-state index contributed by atoms with van der Waals surface area (Å²) in [6.07, 6.45) is 3.96. The van der Waals surface area contributed by atoms with Crippen LogP contribution in [-0.2, 0) is 4.74 Å². The van der Waals surface area contributed by atoms with E-state index in [1.54, 1.807) is 11.0 Å². The van der Waals surface area contributed by atoms with Crippen molar-refractivity contribution in [1.82, 2.24) is 4.90 Å². The molecule has 24 heavy (non-hydrogen) atoms. The van der Waals surface area contributed by atoms with Gasteiger partial charge in [0.05, 0.1) is 17.7 Å². The molecule has 1 aromatic carbocycles. The smallest absolute Gasteiger partial charge is 0.411 e. The highest BCUT2D eigenvalue weighted by atomic mass is 19.1. The number of nitriles is 1. The number of hydrogen-bond acceptors (Lipinski definition) is 3. The van der Waals surface area contributed by atoms with E-state index in [9.17, 15) is 9.18 Å². The van der Waals surface area contributed by atoms with Gasteiger partial charge in [-0.25, -0.2) is 9.18 Å². The fourth-order valence-corrected chi connectivity index (χ4v) is 3.47. The third-order valence-electron chi connectivity index (χ3n) is 4.44. The number of nitrogens with zero attached hydrogens (tertiary/aromatic N) is 2. The van der Waals surface area contributed by atoms with Crippen molar-refractivity contribution in [1.29, 1.82) is 5.26 Å². The van der Waals surface area contributed by atoms with E-state index in [0.717, 1.165) is 18.4 Å². The summed E-state index contributed by atoms with van der Waals surface area (Å²) in [4.78, 5) is 14.2. The number of fused-ring (bicyclic) bond motifs is 2. The number of hydrogen-bond donors (Lipinski definition) is 0. The second-order valence-electron chi connectivity index (χ2n) is 7.39. The SMILES string of the molecule is CC(C)(C)OC(=O)N1C2C=C(c3cc(C#N)ccc3F)CC1CC2. The van der Waals surface area contributed by atoms with Crippen molar-refractivity contribution in [3.05, 3.63) is 41.2 Å². The molecule has 2 aliphatic heterocycles. The Morgan fingerprint density at radius 2 is 2.12 bits per heavy atom. The zero-order valence-electron chi connectivity index (χ0n) is 14.2. The molecule has 0 spiro atoms. The van der Waals surface area contributed by atoms with Crippen LogP contribution in [-0.4, -0.2) is 28.7 Å². The van der Waals surface area contributed by atoms with E-state index in [2.05, 4.69) is 0 Å². The van der Waals surface area contributed by atoms with E-state index in [0.29, 0.717) is 17.5 Å². The summed E-state index contributed by atoms with van der Waals surface area (Å²) in [7, 11) is 0. The third kappa shape index (κ3) is 3.14. The molecule has 2 atom stereocenters.